The minimum Gasteiger partial charge on any atom is -0.118 e. The van der Waals surface area contributed by atoms with Gasteiger partial charge in [0.2, 0.25) is 0 Å². The van der Waals surface area contributed by atoms with Crippen LogP contribution in [0, 0.1) is 11.8 Å². The summed E-state index contributed by atoms with van der Waals surface area (Å²) in [6, 6.07) is 0. The SMILES string of the molecule is CC1CC=CC(Cl)C1C. The lowest BCUT2D eigenvalue weighted by Gasteiger charge is -2.25. The molecule has 0 bridgehead atoms. The molecule has 0 N–H and O–H groups in total. The van der Waals surface area contributed by atoms with Crippen molar-refractivity contribution in [3.63, 3.8) is 0 Å². The normalized spacial score (nSPS) is 43.2. The summed E-state index contributed by atoms with van der Waals surface area (Å²) in [5.41, 5.74) is 0. The highest BCUT2D eigenvalue weighted by molar-refractivity contribution is 6.22. The van der Waals surface area contributed by atoms with E-state index in [0.29, 0.717) is 5.92 Å². The summed E-state index contributed by atoms with van der Waals surface area (Å²) in [5.74, 6) is 1.41. The lowest BCUT2D eigenvalue weighted by molar-refractivity contribution is 0.384. The Bertz CT molecular complexity index is 118. The molecular weight excluding hydrogens is 132 g/mol. The Balaban J connectivity index is 2.58. The van der Waals surface area contributed by atoms with E-state index in [0.717, 1.165) is 5.92 Å². The highest BCUT2D eigenvalue weighted by Gasteiger charge is 2.20. The summed E-state index contributed by atoms with van der Waals surface area (Å²) in [7, 11) is 0. The lowest BCUT2D eigenvalue weighted by Crippen LogP contribution is -2.20. The lowest BCUT2D eigenvalue weighted by atomic mass is 9.86. The summed E-state index contributed by atoms with van der Waals surface area (Å²) in [4.78, 5) is 0. The van der Waals surface area contributed by atoms with Crippen molar-refractivity contribution >= 4 is 11.6 Å². The van der Waals surface area contributed by atoms with Crippen LogP contribution in [-0.2, 0) is 0 Å². The summed E-state index contributed by atoms with van der Waals surface area (Å²) in [6.07, 6.45) is 5.49. The average Bonchev–Trinajstić information content (AvgIpc) is 1.83. The van der Waals surface area contributed by atoms with E-state index in [2.05, 4.69) is 26.0 Å². The molecule has 1 heteroatoms. The average molecular weight is 145 g/mol. The third-order valence-corrected chi connectivity index (χ3v) is 2.77. The molecule has 0 heterocycles. The fourth-order valence-corrected chi connectivity index (χ4v) is 1.48. The van der Waals surface area contributed by atoms with E-state index in [-0.39, 0.29) is 5.38 Å². The van der Waals surface area contributed by atoms with Crippen LogP contribution in [0.1, 0.15) is 20.3 Å². The zero-order valence-electron chi connectivity index (χ0n) is 5.97. The molecule has 3 unspecified atom stereocenters. The van der Waals surface area contributed by atoms with Crippen molar-refractivity contribution in [3.05, 3.63) is 12.2 Å². The molecule has 0 amide bonds. The van der Waals surface area contributed by atoms with Gasteiger partial charge in [-0.15, -0.1) is 11.6 Å². The summed E-state index contributed by atoms with van der Waals surface area (Å²) in [6.45, 7) is 4.47. The fraction of sp³-hybridized carbons (Fsp3) is 0.750. The molecule has 1 rings (SSSR count). The van der Waals surface area contributed by atoms with Gasteiger partial charge in [0.1, 0.15) is 0 Å². The summed E-state index contributed by atoms with van der Waals surface area (Å²) < 4.78 is 0. The van der Waals surface area contributed by atoms with Gasteiger partial charge in [0, 0.05) is 0 Å². The van der Waals surface area contributed by atoms with E-state index >= 15 is 0 Å². The van der Waals surface area contributed by atoms with E-state index < -0.39 is 0 Å². The largest absolute Gasteiger partial charge is 0.118 e. The third-order valence-electron chi connectivity index (χ3n) is 2.23. The Hall–Kier alpha value is 0.0300. The van der Waals surface area contributed by atoms with E-state index in [1.165, 1.54) is 6.42 Å². The highest BCUT2D eigenvalue weighted by Crippen LogP contribution is 2.27. The first-order valence-corrected chi connectivity index (χ1v) is 3.96. The zero-order valence-corrected chi connectivity index (χ0v) is 6.73. The minimum atomic E-state index is 0.272. The van der Waals surface area contributed by atoms with E-state index in [9.17, 15) is 0 Å². The van der Waals surface area contributed by atoms with E-state index in [1.54, 1.807) is 0 Å². The van der Waals surface area contributed by atoms with Crippen LogP contribution < -0.4 is 0 Å². The molecule has 0 aromatic heterocycles. The van der Waals surface area contributed by atoms with Crippen molar-refractivity contribution in [2.75, 3.05) is 0 Å². The van der Waals surface area contributed by atoms with Crippen LogP contribution in [0.25, 0.3) is 0 Å². The number of hydrogen-bond acceptors (Lipinski definition) is 0. The Kier molecular flexibility index (Phi) is 2.18. The van der Waals surface area contributed by atoms with Crippen LogP contribution in [0.3, 0.4) is 0 Å². The maximum absolute atomic E-state index is 5.98. The van der Waals surface area contributed by atoms with Gasteiger partial charge in [0.15, 0.2) is 0 Å². The van der Waals surface area contributed by atoms with Gasteiger partial charge in [-0.3, -0.25) is 0 Å². The molecular formula is C8H13Cl. The van der Waals surface area contributed by atoms with Crippen molar-refractivity contribution in [3.8, 4) is 0 Å². The van der Waals surface area contributed by atoms with Crippen molar-refractivity contribution in [1.82, 2.24) is 0 Å². The molecule has 0 radical (unpaired) electrons. The van der Waals surface area contributed by atoms with Gasteiger partial charge < -0.3 is 0 Å². The Labute approximate surface area is 61.9 Å². The topological polar surface area (TPSA) is 0 Å². The van der Waals surface area contributed by atoms with Crippen LogP contribution in [0.2, 0.25) is 0 Å². The van der Waals surface area contributed by atoms with Gasteiger partial charge >= 0.3 is 0 Å². The maximum atomic E-state index is 5.98. The molecule has 0 spiro atoms. The number of rotatable bonds is 0. The van der Waals surface area contributed by atoms with Gasteiger partial charge in [-0.25, -0.2) is 0 Å². The maximum Gasteiger partial charge on any atom is 0.0544 e. The first-order chi connectivity index (χ1) is 4.22. The Morgan fingerprint density at radius 3 is 2.56 bits per heavy atom. The second-order valence-electron chi connectivity index (χ2n) is 2.94. The number of alkyl halides is 1. The quantitative estimate of drug-likeness (QED) is 0.362. The van der Waals surface area contributed by atoms with E-state index in [1.807, 2.05) is 0 Å². The second-order valence-corrected chi connectivity index (χ2v) is 3.45. The van der Waals surface area contributed by atoms with Gasteiger partial charge in [-0.1, -0.05) is 26.0 Å². The molecule has 0 nitrogen and oxygen atoms in total. The minimum absolute atomic E-state index is 0.272. The third kappa shape index (κ3) is 1.48. The smallest absolute Gasteiger partial charge is 0.0544 e. The number of halogens is 1. The standard InChI is InChI=1S/C8H13Cl/c1-6-4-3-5-8(9)7(6)2/h3,5-8H,4H2,1-2H3. The van der Waals surface area contributed by atoms with Crippen molar-refractivity contribution in [1.29, 1.82) is 0 Å². The monoisotopic (exact) mass is 144 g/mol. The molecule has 0 aromatic carbocycles. The molecule has 0 saturated carbocycles. The molecule has 1 aliphatic carbocycles. The molecule has 1 aliphatic rings. The van der Waals surface area contributed by atoms with Gasteiger partial charge in [-0.2, -0.15) is 0 Å². The number of hydrogen-bond donors (Lipinski definition) is 0. The van der Waals surface area contributed by atoms with Crippen LogP contribution in [0.4, 0.5) is 0 Å². The summed E-state index contributed by atoms with van der Waals surface area (Å²) >= 11 is 5.98. The van der Waals surface area contributed by atoms with Crippen LogP contribution in [0.15, 0.2) is 12.2 Å². The molecule has 0 saturated heterocycles. The Morgan fingerprint density at radius 1 is 1.44 bits per heavy atom. The van der Waals surface area contributed by atoms with Gasteiger partial charge in [0.05, 0.1) is 5.38 Å². The molecule has 52 valence electrons. The van der Waals surface area contributed by atoms with Crippen molar-refractivity contribution in [2.45, 2.75) is 25.6 Å². The molecule has 3 atom stereocenters. The van der Waals surface area contributed by atoms with Crippen LogP contribution >= 0.6 is 11.6 Å². The first kappa shape index (κ1) is 7.14. The first-order valence-electron chi connectivity index (χ1n) is 3.52. The molecule has 0 aliphatic heterocycles. The van der Waals surface area contributed by atoms with Crippen molar-refractivity contribution < 1.29 is 0 Å². The summed E-state index contributed by atoms with van der Waals surface area (Å²) in [5, 5.41) is 0.272. The fourth-order valence-electron chi connectivity index (χ4n) is 1.13. The van der Waals surface area contributed by atoms with E-state index in [4.69, 9.17) is 11.6 Å². The van der Waals surface area contributed by atoms with Crippen LogP contribution in [-0.4, -0.2) is 5.38 Å². The van der Waals surface area contributed by atoms with Crippen LogP contribution in [0.5, 0.6) is 0 Å². The molecule has 9 heavy (non-hydrogen) atoms. The second kappa shape index (κ2) is 2.74. The Morgan fingerprint density at radius 2 is 2.11 bits per heavy atom. The molecule has 0 fully saturated rings. The van der Waals surface area contributed by atoms with Gasteiger partial charge in [0.25, 0.3) is 0 Å². The number of allylic oxidation sites excluding steroid dienone is 2. The van der Waals surface area contributed by atoms with Crippen molar-refractivity contribution in [2.24, 2.45) is 11.8 Å². The zero-order chi connectivity index (χ0) is 6.85. The highest BCUT2D eigenvalue weighted by atomic mass is 35.5. The predicted molar refractivity (Wildman–Crippen MR) is 41.7 cm³/mol. The molecule has 0 aromatic rings. The predicted octanol–water partition coefficient (Wildman–Crippen LogP) is 2.83. The van der Waals surface area contributed by atoms with Gasteiger partial charge in [-0.05, 0) is 18.3 Å².